The molecule has 5 nitrogen and oxygen atoms in total. The molecule has 0 radical (unpaired) electrons. The quantitative estimate of drug-likeness (QED) is 0.536. The molecule has 0 aromatic carbocycles. The summed E-state index contributed by atoms with van der Waals surface area (Å²) in [7, 11) is 0. The zero-order valence-corrected chi connectivity index (χ0v) is 12.1. The van der Waals surface area contributed by atoms with Gasteiger partial charge in [0.25, 0.3) is 0 Å². The lowest BCUT2D eigenvalue weighted by Crippen LogP contribution is -2.60. The highest BCUT2D eigenvalue weighted by Gasteiger charge is 2.67. The third-order valence-corrected chi connectivity index (χ3v) is 4.69. The Hall–Kier alpha value is -1.17. The smallest absolute Gasteiger partial charge is 0.328 e. The van der Waals surface area contributed by atoms with E-state index < -0.39 is 28.7 Å². The summed E-state index contributed by atoms with van der Waals surface area (Å²) in [6, 6.07) is 0. The van der Waals surface area contributed by atoms with Crippen molar-refractivity contribution in [2.45, 2.75) is 50.9 Å². The molecule has 20 heavy (non-hydrogen) atoms. The summed E-state index contributed by atoms with van der Waals surface area (Å²) < 4.78 is 5.77. The zero-order valence-electron chi connectivity index (χ0n) is 12.1. The highest BCUT2D eigenvalue weighted by molar-refractivity contribution is 5.81. The average Bonchev–Trinajstić information content (AvgIpc) is 2.43. The standard InChI is InChI=1S/C15H22O5/c1-10(6-12(17)18)4-5-15(19)13(2)7-11(16)8-14(15,3)20-9-13/h4-6,11,16,19H,7-9H2,1-3H3,(H,17,18)/b5-4+,10-6+/t11-,13-,14-,15-/m0/s1. The average molecular weight is 282 g/mol. The molecule has 2 fully saturated rings. The third-order valence-electron chi connectivity index (χ3n) is 4.69. The number of carboxylic acid groups (broad SMARTS) is 1. The molecule has 112 valence electrons. The van der Waals surface area contributed by atoms with Crippen LogP contribution in [0.1, 0.15) is 33.6 Å². The molecule has 0 aromatic rings. The van der Waals surface area contributed by atoms with Gasteiger partial charge in [-0.15, -0.1) is 0 Å². The number of aliphatic hydroxyl groups excluding tert-OH is 1. The van der Waals surface area contributed by atoms with Crippen molar-refractivity contribution >= 4 is 5.97 Å². The van der Waals surface area contributed by atoms with Crippen LogP contribution >= 0.6 is 0 Å². The second-order valence-electron chi connectivity index (χ2n) is 6.47. The van der Waals surface area contributed by atoms with Crippen LogP contribution in [0.15, 0.2) is 23.8 Å². The molecule has 1 heterocycles. The monoisotopic (exact) mass is 282 g/mol. The zero-order chi connectivity index (χ0) is 15.2. The molecule has 2 rings (SSSR count). The van der Waals surface area contributed by atoms with E-state index >= 15 is 0 Å². The highest BCUT2D eigenvalue weighted by Crippen LogP contribution is 2.57. The van der Waals surface area contributed by atoms with Crippen LogP contribution in [-0.4, -0.2) is 45.2 Å². The predicted octanol–water partition coefficient (Wildman–Crippen LogP) is 1.25. The minimum absolute atomic E-state index is 0.366. The van der Waals surface area contributed by atoms with Crippen molar-refractivity contribution in [3.8, 4) is 0 Å². The summed E-state index contributed by atoms with van der Waals surface area (Å²) in [6.45, 7) is 5.73. The molecule has 1 aliphatic heterocycles. The van der Waals surface area contributed by atoms with E-state index in [0.717, 1.165) is 6.08 Å². The number of carboxylic acids is 1. The number of hydrogen-bond donors (Lipinski definition) is 3. The molecule has 5 heteroatoms. The minimum Gasteiger partial charge on any atom is -0.478 e. The lowest BCUT2D eigenvalue weighted by atomic mass is 9.59. The van der Waals surface area contributed by atoms with Gasteiger partial charge in [0.2, 0.25) is 0 Å². The second kappa shape index (κ2) is 4.69. The molecule has 1 saturated carbocycles. The first-order valence-electron chi connectivity index (χ1n) is 6.77. The largest absolute Gasteiger partial charge is 0.478 e. The summed E-state index contributed by atoms with van der Waals surface area (Å²) in [5.41, 5.74) is -2.09. The van der Waals surface area contributed by atoms with E-state index in [1.807, 2.05) is 6.92 Å². The van der Waals surface area contributed by atoms with Gasteiger partial charge in [0.1, 0.15) is 11.2 Å². The van der Waals surface area contributed by atoms with Crippen LogP contribution in [0.5, 0.6) is 0 Å². The maximum atomic E-state index is 11.1. The van der Waals surface area contributed by atoms with Crippen LogP contribution in [-0.2, 0) is 9.53 Å². The lowest BCUT2D eigenvalue weighted by molar-refractivity contribution is -0.150. The number of rotatable bonds is 3. The van der Waals surface area contributed by atoms with Crippen LogP contribution < -0.4 is 0 Å². The molecular weight excluding hydrogens is 260 g/mol. The van der Waals surface area contributed by atoms with Crippen molar-refractivity contribution in [1.29, 1.82) is 0 Å². The first-order chi connectivity index (χ1) is 9.12. The van der Waals surface area contributed by atoms with Crippen LogP contribution in [0, 0.1) is 5.41 Å². The normalized spacial score (nSPS) is 45.0. The van der Waals surface area contributed by atoms with Crippen molar-refractivity contribution in [1.82, 2.24) is 0 Å². The summed E-state index contributed by atoms with van der Waals surface area (Å²) in [4.78, 5) is 10.6. The summed E-state index contributed by atoms with van der Waals surface area (Å²) in [6.07, 6.45) is 4.66. The van der Waals surface area contributed by atoms with Crippen molar-refractivity contribution < 1.29 is 24.9 Å². The van der Waals surface area contributed by atoms with E-state index in [1.54, 1.807) is 26.0 Å². The van der Waals surface area contributed by atoms with Gasteiger partial charge in [-0.3, -0.25) is 0 Å². The fraction of sp³-hybridized carbons (Fsp3) is 0.667. The lowest BCUT2D eigenvalue weighted by Gasteiger charge is -2.49. The third kappa shape index (κ3) is 2.20. The van der Waals surface area contributed by atoms with Gasteiger partial charge >= 0.3 is 5.97 Å². The van der Waals surface area contributed by atoms with E-state index in [2.05, 4.69) is 0 Å². The van der Waals surface area contributed by atoms with Gasteiger partial charge in [-0.1, -0.05) is 13.0 Å². The highest BCUT2D eigenvalue weighted by atomic mass is 16.5. The van der Waals surface area contributed by atoms with E-state index in [1.165, 1.54) is 0 Å². The van der Waals surface area contributed by atoms with Crippen LogP contribution in [0.3, 0.4) is 0 Å². The van der Waals surface area contributed by atoms with Gasteiger partial charge in [0, 0.05) is 17.9 Å². The van der Waals surface area contributed by atoms with Crippen molar-refractivity contribution in [2.24, 2.45) is 5.41 Å². The first kappa shape index (κ1) is 15.2. The van der Waals surface area contributed by atoms with Crippen LogP contribution in [0.25, 0.3) is 0 Å². The van der Waals surface area contributed by atoms with E-state index in [0.29, 0.717) is 25.0 Å². The van der Waals surface area contributed by atoms with Gasteiger partial charge in [0.15, 0.2) is 0 Å². The molecule has 0 unspecified atom stereocenters. The molecule has 4 atom stereocenters. The fourth-order valence-electron chi connectivity index (χ4n) is 3.52. The van der Waals surface area contributed by atoms with Crippen molar-refractivity contribution in [2.75, 3.05) is 6.61 Å². The number of allylic oxidation sites excluding steroid dienone is 2. The second-order valence-corrected chi connectivity index (χ2v) is 6.47. The molecule has 1 aliphatic carbocycles. The predicted molar refractivity (Wildman–Crippen MR) is 73.2 cm³/mol. The SMILES string of the molecule is CC(/C=C/[C@]1(O)[C@]2(C)CO[C@@]1(C)C[C@@H](O)C2)=C\C(=O)O. The molecule has 0 spiro atoms. The summed E-state index contributed by atoms with van der Waals surface area (Å²) in [5, 5.41) is 29.7. The summed E-state index contributed by atoms with van der Waals surface area (Å²) >= 11 is 0. The van der Waals surface area contributed by atoms with Gasteiger partial charge in [0.05, 0.1) is 12.7 Å². The molecule has 0 amide bonds. The molecule has 0 aromatic heterocycles. The van der Waals surface area contributed by atoms with E-state index in [4.69, 9.17) is 9.84 Å². The Morgan fingerprint density at radius 1 is 1.35 bits per heavy atom. The van der Waals surface area contributed by atoms with E-state index in [-0.39, 0.29) is 0 Å². The first-order valence-corrected chi connectivity index (χ1v) is 6.77. The Kier molecular flexibility index (Phi) is 3.57. The molecule has 3 N–H and O–H groups in total. The molecule has 2 bridgehead atoms. The fourth-order valence-corrected chi connectivity index (χ4v) is 3.52. The van der Waals surface area contributed by atoms with Crippen LogP contribution in [0.4, 0.5) is 0 Å². The number of hydrogen-bond acceptors (Lipinski definition) is 4. The topological polar surface area (TPSA) is 87.0 Å². The van der Waals surface area contributed by atoms with Gasteiger partial charge in [-0.2, -0.15) is 0 Å². The number of aliphatic hydroxyl groups is 2. The Morgan fingerprint density at radius 2 is 2.00 bits per heavy atom. The van der Waals surface area contributed by atoms with Crippen molar-refractivity contribution in [3.63, 3.8) is 0 Å². The maximum absolute atomic E-state index is 11.1. The van der Waals surface area contributed by atoms with Crippen LogP contribution in [0.2, 0.25) is 0 Å². The van der Waals surface area contributed by atoms with Gasteiger partial charge in [-0.05, 0) is 31.9 Å². The molecular formula is C15H22O5. The molecule has 1 saturated heterocycles. The number of ether oxygens (including phenoxy) is 1. The summed E-state index contributed by atoms with van der Waals surface area (Å²) in [5.74, 6) is -1.02. The number of fused-ring (bicyclic) bond motifs is 2. The Morgan fingerprint density at radius 3 is 2.55 bits per heavy atom. The Bertz CT molecular complexity index is 461. The number of aliphatic carboxylic acids is 1. The number of carbonyl (C=O) groups is 1. The Labute approximate surface area is 118 Å². The maximum Gasteiger partial charge on any atom is 0.328 e. The van der Waals surface area contributed by atoms with Gasteiger partial charge in [-0.25, -0.2) is 4.79 Å². The Balaban J connectivity index is 2.34. The minimum atomic E-state index is -1.22. The van der Waals surface area contributed by atoms with Crippen molar-refractivity contribution in [3.05, 3.63) is 23.8 Å². The van der Waals surface area contributed by atoms with Gasteiger partial charge < -0.3 is 20.1 Å². The van der Waals surface area contributed by atoms with E-state index in [9.17, 15) is 15.0 Å². The molecule has 2 aliphatic rings.